The number of hydrogen-bond acceptors (Lipinski definition) is 6. The van der Waals surface area contributed by atoms with Crippen molar-refractivity contribution in [2.45, 2.75) is 19.1 Å². The molecule has 0 aliphatic carbocycles. The first-order valence-electron chi connectivity index (χ1n) is 13.9. The zero-order valence-electron chi connectivity index (χ0n) is 24.0. The maximum absolute atomic E-state index is 15.1. The van der Waals surface area contributed by atoms with Crippen LogP contribution in [0.5, 0.6) is 11.5 Å². The summed E-state index contributed by atoms with van der Waals surface area (Å²) < 4.78 is 27.4. The highest BCUT2D eigenvalue weighted by atomic mass is 19.1. The van der Waals surface area contributed by atoms with E-state index in [9.17, 15) is 9.59 Å². The monoisotopic (exact) mass is 592 g/mol. The van der Waals surface area contributed by atoms with E-state index in [4.69, 9.17) is 9.47 Å². The number of carbonyl (C=O) groups is 2. The SMILES string of the molecule is COc1ccc(NC(=O)C(c2c[nH]c3ccccc23)N(Cc2ccccc2F)C(=O)Cn2nnc3ccccc32)c(OC)c1. The smallest absolute Gasteiger partial charge is 0.252 e. The number of hydrogen-bond donors (Lipinski definition) is 2. The van der Waals surface area contributed by atoms with Gasteiger partial charge in [0.1, 0.15) is 35.4 Å². The molecular formula is C33H29FN6O4. The lowest BCUT2D eigenvalue weighted by Gasteiger charge is -2.31. The number of fused-ring (bicyclic) bond motifs is 2. The zero-order chi connectivity index (χ0) is 30.6. The fourth-order valence-corrected chi connectivity index (χ4v) is 5.26. The number of rotatable bonds is 10. The van der Waals surface area contributed by atoms with Gasteiger partial charge in [0, 0.05) is 40.8 Å². The van der Waals surface area contributed by atoms with Gasteiger partial charge in [0.05, 0.1) is 25.4 Å². The van der Waals surface area contributed by atoms with Crippen LogP contribution in [0.15, 0.2) is 97.2 Å². The van der Waals surface area contributed by atoms with Crippen LogP contribution < -0.4 is 14.8 Å². The molecule has 0 saturated carbocycles. The van der Waals surface area contributed by atoms with Crippen molar-refractivity contribution in [1.82, 2.24) is 24.9 Å². The second-order valence-electron chi connectivity index (χ2n) is 10.1. The fraction of sp³-hybridized carbons (Fsp3) is 0.152. The Morgan fingerprint density at radius 1 is 0.977 bits per heavy atom. The van der Waals surface area contributed by atoms with E-state index in [1.54, 1.807) is 48.7 Å². The Bertz CT molecular complexity index is 1970. The standard InChI is InChI=1S/C33H29FN6O4/c1-43-22-15-16-28(30(17-22)44-2)36-33(42)32(24-18-35-26-12-6-4-10-23(24)26)39(19-21-9-3-5-11-25(21)34)31(41)20-40-29-14-8-7-13-27(29)37-38-40/h3-18,32,35H,19-20H2,1-2H3,(H,36,42). The molecule has 0 aliphatic rings. The molecule has 0 fully saturated rings. The lowest BCUT2D eigenvalue weighted by atomic mass is 10.0. The second kappa shape index (κ2) is 12.3. The predicted molar refractivity (Wildman–Crippen MR) is 164 cm³/mol. The molecule has 0 aliphatic heterocycles. The highest BCUT2D eigenvalue weighted by Gasteiger charge is 2.35. The van der Waals surface area contributed by atoms with Gasteiger partial charge in [-0.25, -0.2) is 9.07 Å². The van der Waals surface area contributed by atoms with Crippen molar-refractivity contribution in [2.24, 2.45) is 0 Å². The molecule has 6 aromatic rings. The summed E-state index contributed by atoms with van der Waals surface area (Å²) in [5.41, 5.74) is 3.23. The Morgan fingerprint density at radius 2 is 1.75 bits per heavy atom. The number of carbonyl (C=O) groups excluding carboxylic acids is 2. The molecule has 2 amide bonds. The molecule has 2 aromatic heterocycles. The number of benzene rings is 4. The molecule has 1 atom stereocenters. The van der Waals surface area contributed by atoms with Gasteiger partial charge >= 0.3 is 0 Å². The van der Waals surface area contributed by atoms with Crippen molar-refractivity contribution in [3.63, 3.8) is 0 Å². The maximum Gasteiger partial charge on any atom is 0.252 e. The molecule has 2 N–H and O–H groups in total. The predicted octanol–water partition coefficient (Wildman–Crippen LogP) is 5.48. The van der Waals surface area contributed by atoms with Crippen LogP contribution in [0.4, 0.5) is 10.1 Å². The van der Waals surface area contributed by atoms with Crippen LogP contribution in [0.25, 0.3) is 21.9 Å². The van der Waals surface area contributed by atoms with Gasteiger partial charge in [-0.05, 0) is 36.4 Å². The zero-order valence-corrected chi connectivity index (χ0v) is 24.0. The van der Waals surface area contributed by atoms with E-state index in [0.717, 1.165) is 10.9 Å². The number of para-hydroxylation sites is 2. The van der Waals surface area contributed by atoms with Crippen LogP contribution in [-0.2, 0) is 22.7 Å². The molecule has 44 heavy (non-hydrogen) atoms. The number of halogens is 1. The first-order chi connectivity index (χ1) is 21.5. The highest BCUT2D eigenvalue weighted by Crippen LogP contribution is 2.34. The summed E-state index contributed by atoms with van der Waals surface area (Å²) in [5, 5.41) is 12.0. The van der Waals surface area contributed by atoms with Gasteiger partial charge in [0.15, 0.2) is 0 Å². The third kappa shape index (κ3) is 5.54. The quantitative estimate of drug-likeness (QED) is 0.218. The Labute approximate surface area is 252 Å². The number of methoxy groups -OCH3 is 2. The van der Waals surface area contributed by atoms with E-state index in [2.05, 4.69) is 20.6 Å². The minimum atomic E-state index is -1.18. The molecule has 222 valence electrons. The van der Waals surface area contributed by atoms with Gasteiger partial charge in [-0.3, -0.25) is 9.59 Å². The molecule has 0 bridgehead atoms. The minimum absolute atomic E-state index is 0.185. The summed E-state index contributed by atoms with van der Waals surface area (Å²) in [6.07, 6.45) is 1.70. The summed E-state index contributed by atoms with van der Waals surface area (Å²) in [5.74, 6) is -0.560. The molecule has 0 radical (unpaired) electrons. The van der Waals surface area contributed by atoms with E-state index < -0.39 is 23.7 Å². The largest absolute Gasteiger partial charge is 0.497 e. The number of nitrogens with zero attached hydrogens (tertiary/aromatic N) is 4. The number of nitrogens with one attached hydrogen (secondary N) is 2. The van der Waals surface area contributed by atoms with E-state index >= 15 is 4.39 Å². The van der Waals surface area contributed by atoms with E-state index in [0.29, 0.717) is 33.8 Å². The van der Waals surface area contributed by atoms with Gasteiger partial charge in [-0.2, -0.15) is 0 Å². The molecular weight excluding hydrogens is 563 g/mol. The average molecular weight is 593 g/mol. The number of ether oxygens (including phenoxy) is 2. The highest BCUT2D eigenvalue weighted by molar-refractivity contribution is 6.02. The number of anilines is 1. The average Bonchev–Trinajstić information content (AvgIpc) is 3.66. The topological polar surface area (TPSA) is 114 Å². The van der Waals surface area contributed by atoms with Crippen LogP contribution in [-0.4, -0.2) is 50.9 Å². The van der Waals surface area contributed by atoms with Crippen molar-refractivity contribution in [3.05, 3.63) is 114 Å². The summed E-state index contributed by atoms with van der Waals surface area (Å²) in [4.78, 5) is 33.2. The Balaban J connectivity index is 1.46. The summed E-state index contributed by atoms with van der Waals surface area (Å²) in [7, 11) is 3.02. The van der Waals surface area contributed by atoms with Crippen molar-refractivity contribution in [3.8, 4) is 11.5 Å². The number of H-pyrrole nitrogens is 1. The Kier molecular flexibility index (Phi) is 7.92. The number of aromatic nitrogens is 4. The number of amides is 2. The molecule has 1 unspecified atom stereocenters. The molecule has 4 aromatic carbocycles. The van der Waals surface area contributed by atoms with Gasteiger partial charge in [0.2, 0.25) is 5.91 Å². The van der Waals surface area contributed by atoms with E-state index in [-0.39, 0.29) is 18.7 Å². The van der Waals surface area contributed by atoms with Crippen LogP contribution in [0.3, 0.4) is 0 Å². The third-order valence-electron chi connectivity index (χ3n) is 7.47. The van der Waals surface area contributed by atoms with Crippen molar-refractivity contribution >= 4 is 39.4 Å². The van der Waals surface area contributed by atoms with Crippen LogP contribution in [0, 0.1) is 5.82 Å². The van der Waals surface area contributed by atoms with Gasteiger partial charge < -0.3 is 24.7 Å². The maximum atomic E-state index is 15.1. The molecule has 6 rings (SSSR count). The molecule has 0 saturated heterocycles. The van der Waals surface area contributed by atoms with Crippen molar-refractivity contribution < 1.29 is 23.5 Å². The first kappa shape index (κ1) is 28.4. The molecule has 2 heterocycles. The number of aromatic amines is 1. The molecule has 10 nitrogen and oxygen atoms in total. The van der Waals surface area contributed by atoms with E-state index in [1.165, 1.54) is 29.9 Å². The Hall–Kier alpha value is -5.71. The van der Waals surface area contributed by atoms with Crippen LogP contribution >= 0.6 is 0 Å². The molecule has 0 spiro atoms. The van der Waals surface area contributed by atoms with Gasteiger partial charge in [-0.1, -0.05) is 53.7 Å². The first-order valence-corrected chi connectivity index (χ1v) is 13.9. The van der Waals surface area contributed by atoms with Crippen LogP contribution in [0.2, 0.25) is 0 Å². The lowest BCUT2D eigenvalue weighted by Crippen LogP contribution is -2.42. The fourth-order valence-electron chi connectivity index (χ4n) is 5.26. The van der Waals surface area contributed by atoms with Crippen molar-refractivity contribution in [1.29, 1.82) is 0 Å². The Morgan fingerprint density at radius 3 is 2.57 bits per heavy atom. The van der Waals surface area contributed by atoms with Gasteiger partial charge in [0.25, 0.3) is 5.91 Å². The minimum Gasteiger partial charge on any atom is -0.497 e. The van der Waals surface area contributed by atoms with Crippen molar-refractivity contribution in [2.75, 3.05) is 19.5 Å². The van der Waals surface area contributed by atoms with E-state index in [1.807, 2.05) is 42.5 Å². The normalized spacial score (nSPS) is 11.8. The summed E-state index contributed by atoms with van der Waals surface area (Å²) >= 11 is 0. The second-order valence-corrected chi connectivity index (χ2v) is 10.1. The third-order valence-corrected chi connectivity index (χ3v) is 7.47. The van der Waals surface area contributed by atoms with Gasteiger partial charge in [-0.15, -0.1) is 5.10 Å². The summed E-state index contributed by atoms with van der Waals surface area (Å²) in [6.45, 7) is -0.414. The molecule has 11 heteroatoms. The van der Waals surface area contributed by atoms with Crippen LogP contribution in [0.1, 0.15) is 17.2 Å². The summed E-state index contributed by atoms with van der Waals surface area (Å²) in [6, 6.07) is 24.7. The lowest BCUT2D eigenvalue weighted by molar-refractivity contribution is -0.140.